The third-order valence-electron chi connectivity index (χ3n) is 3.28. The first-order chi connectivity index (χ1) is 9.20. The lowest BCUT2D eigenvalue weighted by molar-refractivity contribution is 0.174. The van der Waals surface area contributed by atoms with Crippen LogP contribution in [0.1, 0.15) is 12.1 Å². The number of β-amino-alcohol motifs (C(OH)–C–C–N with tert-alkyl or cyclic N) is 1. The molecule has 4 nitrogen and oxygen atoms in total. The van der Waals surface area contributed by atoms with Gasteiger partial charge in [0.05, 0.1) is 11.8 Å². The molecule has 3 rings (SSSR count). The Bertz CT molecular complexity index is 553. The van der Waals surface area contributed by atoms with Gasteiger partial charge in [-0.15, -0.1) is 0 Å². The third-order valence-corrected chi connectivity index (χ3v) is 3.28. The first-order valence-corrected chi connectivity index (χ1v) is 6.31. The average Bonchev–Trinajstić information content (AvgIpc) is 3.00. The van der Waals surface area contributed by atoms with Crippen LogP contribution in [0.2, 0.25) is 0 Å². The summed E-state index contributed by atoms with van der Waals surface area (Å²) in [6.45, 7) is 2.22. The molecular weight excluding hydrogens is 247 g/mol. The molecule has 1 atom stereocenters. The molecule has 0 aliphatic carbocycles. The van der Waals surface area contributed by atoms with Crippen LogP contribution in [0.5, 0.6) is 0 Å². The largest absolute Gasteiger partial charge is 0.444 e. The van der Waals surface area contributed by atoms with Gasteiger partial charge in [-0.3, -0.25) is 4.90 Å². The number of hydrogen-bond donors (Lipinski definition) is 1. The zero-order valence-corrected chi connectivity index (χ0v) is 10.4. The predicted octanol–water partition coefficient (Wildman–Crippen LogP) is 2.05. The van der Waals surface area contributed by atoms with Gasteiger partial charge in [0.1, 0.15) is 12.1 Å². The van der Waals surface area contributed by atoms with E-state index < -0.39 is 0 Å². The van der Waals surface area contributed by atoms with Crippen LogP contribution < -0.4 is 0 Å². The molecular formula is C14H15FN2O2. The number of benzene rings is 1. The monoisotopic (exact) mass is 262 g/mol. The van der Waals surface area contributed by atoms with Gasteiger partial charge < -0.3 is 9.52 Å². The highest BCUT2D eigenvalue weighted by molar-refractivity contribution is 5.52. The molecule has 19 heavy (non-hydrogen) atoms. The van der Waals surface area contributed by atoms with Crippen LogP contribution in [0.3, 0.4) is 0 Å². The zero-order chi connectivity index (χ0) is 13.2. The second-order valence-electron chi connectivity index (χ2n) is 4.83. The average molecular weight is 262 g/mol. The first kappa shape index (κ1) is 12.3. The van der Waals surface area contributed by atoms with Crippen LogP contribution in [-0.2, 0) is 6.54 Å². The summed E-state index contributed by atoms with van der Waals surface area (Å²) < 4.78 is 18.2. The molecule has 1 aliphatic rings. The van der Waals surface area contributed by atoms with Crippen molar-refractivity contribution in [1.82, 2.24) is 9.88 Å². The van der Waals surface area contributed by atoms with E-state index in [4.69, 9.17) is 4.42 Å². The highest BCUT2D eigenvalue weighted by Crippen LogP contribution is 2.20. The summed E-state index contributed by atoms with van der Waals surface area (Å²) in [4.78, 5) is 6.52. The lowest BCUT2D eigenvalue weighted by atomic mass is 10.2. The van der Waals surface area contributed by atoms with E-state index >= 15 is 0 Å². The maximum Gasteiger partial charge on any atom is 0.226 e. The van der Waals surface area contributed by atoms with Crippen molar-refractivity contribution < 1.29 is 13.9 Å². The van der Waals surface area contributed by atoms with E-state index in [-0.39, 0.29) is 11.9 Å². The maximum atomic E-state index is 12.8. The molecule has 0 bridgehead atoms. The van der Waals surface area contributed by atoms with Crippen LogP contribution in [-0.4, -0.2) is 34.2 Å². The molecule has 2 aromatic rings. The fraction of sp³-hybridized carbons (Fsp3) is 0.357. The van der Waals surface area contributed by atoms with E-state index in [1.807, 2.05) is 0 Å². The number of nitrogens with zero attached hydrogens (tertiary/aromatic N) is 2. The smallest absolute Gasteiger partial charge is 0.226 e. The topological polar surface area (TPSA) is 49.5 Å². The van der Waals surface area contributed by atoms with Crippen molar-refractivity contribution in [3.8, 4) is 11.5 Å². The Morgan fingerprint density at radius 3 is 2.84 bits per heavy atom. The minimum atomic E-state index is -0.276. The van der Waals surface area contributed by atoms with E-state index in [1.165, 1.54) is 12.1 Å². The number of hydrogen-bond acceptors (Lipinski definition) is 4. The van der Waals surface area contributed by atoms with Gasteiger partial charge in [-0.25, -0.2) is 9.37 Å². The van der Waals surface area contributed by atoms with Crippen molar-refractivity contribution in [3.63, 3.8) is 0 Å². The molecule has 1 saturated heterocycles. The molecule has 1 fully saturated rings. The quantitative estimate of drug-likeness (QED) is 0.919. The standard InChI is InChI=1S/C14H15FN2O2/c15-11-3-1-10(2-4-11)14-16-12(9-19-14)7-17-6-5-13(18)8-17/h1-4,9,13,18H,5-8H2. The Balaban J connectivity index is 1.71. The number of likely N-dealkylation sites (tertiary alicyclic amines) is 1. The molecule has 100 valence electrons. The third kappa shape index (κ3) is 2.83. The van der Waals surface area contributed by atoms with Gasteiger partial charge in [0.15, 0.2) is 0 Å². The molecule has 5 heteroatoms. The number of oxazole rings is 1. The van der Waals surface area contributed by atoms with Crippen molar-refractivity contribution >= 4 is 0 Å². The van der Waals surface area contributed by atoms with Gasteiger partial charge in [0.25, 0.3) is 0 Å². The maximum absolute atomic E-state index is 12.8. The Hall–Kier alpha value is -1.72. The molecule has 1 aromatic carbocycles. The van der Waals surface area contributed by atoms with Crippen molar-refractivity contribution in [2.24, 2.45) is 0 Å². The summed E-state index contributed by atoms with van der Waals surface area (Å²) in [5.41, 5.74) is 1.59. The molecule has 1 aliphatic heterocycles. The van der Waals surface area contributed by atoms with Crippen LogP contribution in [0.25, 0.3) is 11.5 Å². The summed E-state index contributed by atoms with van der Waals surface area (Å²) in [7, 11) is 0. The second kappa shape index (κ2) is 5.11. The lowest BCUT2D eigenvalue weighted by Gasteiger charge is -2.11. The van der Waals surface area contributed by atoms with E-state index in [1.54, 1.807) is 18.4 Å². The second-order valence-corrected chi connectivity index (χ2v) is 4.83. The highest BCUT2D eigenvalue weighted by atomic mass is 19.1. The number of halogens is 1. The number of aromatic nitrogens is 1. The Morgan fingerprint density at radius 2 is 2.16 bits per heavy atom. The van der Waals surface area contributed by atoms with Gasteiger partial charge in [-0.05, 0) is 30.7 Å². The molecule has 1 aromatic heterocycles. The van der Waals surface area contributed by atoms with Crippen LogP contribution in [0.15, 0.2) is 34.9 Å². The molecule has 0 radical (unpaired) electrons. The predicted molar refractivity (Wildman–Crippen MR) is 67.8 cm³/mol. The number of aliphatic hydroxyl groups excluding tert-OH is 1. The van der Waals surface area contributed by atoms with Crippen LogP contribution >= 0.6 is 0 Å². The first-order valence-electron chi connectivity index (χ1n) is 6.31. The number of rotatable bonds is 3. The SMILES string of the molecule is OC1CCN(Cc2coc(-c3ccc(F)cc3)n2)C1. The van der Waals surface area contributed by atoms with Gasteiger partial charge >= 0.3 is 0 Å². The Kier molecular flexibility index (Phi) is 3.31. The molecule has 1 N–H and O–H groups in total. The minimum absolute atomic E-state index is 0.233. The van der Waals surface area contributed by atoms with Gasteiger partial charge in [-0.1, -0.05) is 0 Å². The molecule has 0 amide bonds. The molecule has 1 unspecified atom stereocenters. The van der Waals surface area contributed by atoms with Gasteiger partial charge in [-0.2, -0.15) is 0 Å². The summed E-state index contributed by atoms with van der Waals surface area (Å²) in [5, 5.41) is 9.47. The summed E-state index contributed by atoms with van der Waals surface area (Å²) in [6, 6.07) is 6.06. The normalized spacial score (nSPS) is 20.0. The van der Waals surface area contributed by atoms with Gasteiger partial charge in [0.2, 0.25) is 5.89 Å². The lowest BCUT2D eigenvalue weighted by Crippen LogP contribution is -2.21. The molecule has 0 spiro atoms. The fourth-order valence-corrected chi connectivity index (χ4v) is 2.29. The highest BCUT2D eigenvalue weighted by Gasteiger charge is 2.21. The summed E-state index contributed by atoms with van der Waals surface area (Å²) in [6.07, 6.45) is 2.19. The molecule has 2 heterocycles. The van der Waals surface area contributed by atoms with Gasteiger partial charge in [0, 0.05) is 25.2 Å². The summed E-state index contributed by atoms with van der Waals surface area (Å²) >= 11 is 0. The zero-order valence-electron chi connectivity index (χ0n) is 10.4. The Morgan fingerprint density at radius 1 is 1.37 bits per heavy atom. The molecule has 0 saturated carbocycles. The van der Waals surface area contributed by atoms with Crippen molar-refractivity contribution in [2.45, 2.75) is 19.1 Å². The summed E-state index contributed by atoms with van der Waals surface area (Å²) in [5.74, 6) is 0.219. The number of aliphatic hydroxyl groups is 1. The van der Waals surface area contributed by atoms with E-state index in [0.29, 0.717) is 19.0 Å². The van der Waals surface area contributed by atoms with Crippen molar-refractivity contribution in [3.05, 3.63) is 42.0 Å². The van der Waals surface area contributed by atoms with E-state index in [9.17, 15) is 9.50 Å². The van der Waals surface area contributed by atoms with Crippen molar-refractivity contribution in [2.75, 3.05) is 13.1 Å². The van der Waals surface area contributed by atoms with Crippen LogP contribution in [0.4, 0.5) is 4.39 Å². The van der Waals surface area contributed by atoms with Crippen LogP contribution in [0, 0.1) is 5.82 Å². The van der Waals surface area contributed by atoms with E-state index in [2.05, 4.69) is 9.88 Å². The minimum Gasteiger partial charge on any atom is -0.444 e. The Labute approximate surface area is 110 Å². The fourth-order valence-electron chi connectivity index (χ4n) is 2.29. The van der Waals surface area contributed by atoms with Crippen molar-refractivity contribution in [1.29, 1.82) is 0 Å². The van der Waals surface area contributed by atoms with E-state index in [0.717, 1.165) is 24.2 Å².